The standard InChI is InChI=1S/C7H12O3/c1-3-7-9-4-6(10-7)5(2)8/h6-7H,3-4H2,1-2H3/t6-,7?/m1/s1. The molecular weight excluding hydrogens is 132 g/mol. The van der Waals surface area contributed by atoms with Crippen LogP contribution in [-0.2, 0) is 14.3 Å². The molecule has 1 aliphatic rings. The highest BCUT2D eigenvalue weighted by atomic mass is 16.7. The van der Waals surface area contributed by atoms with E-state index in [2.05, 4.69) is 0 Å². The minimum absolute atomic E-state index is 0.0518. The van der Waals surface area contributed by atoms with Gasteiger partial charge in [-0.15, -0.1) is 0 Å². The van der Waals surface area contributed by atoms with Crippen molar-refractivity contribution in [3.8, 4) is 0 Å². The van der Waals surface area contributed by atoms with Crippen LogP contribution in [0.2, 0.25) is 0 Å². The summed E-state index contributed by atoms with van der Waals surface area (Å²) >= 11 is 0. The molecule has 10 heavy (non-hydrogen) atoms. The Kier molecular flexibility index (Phi) is 2.40. The molecule has 1 rings (SSSR count). The minimum atomic E-state index is -0.315. The van der Waals surface area contributed by atoms with Crippen molar-refractivity contribution in [2.75, 3.05) is 6.61 Å². The van der Waals surface area contributed by atoms with E-state index in [9.17, 15) is 4.79 Å². The Morgan fingerprint density at radius 1 is 1.70 bits per heavy atom. The first-order valence-electron chi connectivity index (χ1n) is 3.51. The Bertz CT molecular complexity index is 133. The Balaban J connectivity index is 2.35. The molecule has 1 fully saturated rings. The Morgan fingerprint density at radius 2 is 2.40 bits per heavy atom. The second-order valence-corrected chi connectivity index (χ2v) is 2.41. The highest BCUT2D eigenvalue weighted by molar-refractivity contribution is 5.80. The normalized spacial score (nSPS) is 32.6. The van der Waals surface area contributed by atoms with Crippen LogP contribution in [0, 0.1) is 0 Å². The zero-order chi connectivity index (χ0) is 7.56. The van der Waals surface area contributed by atoms with Crippen molar-refractivity contribution < 1.29 is 14.3 Å². The summed E-state index contributed by atoms with van der Waals surface area (Å²) in [6, 6.07) is 0. The molecule has 0 aromatic heterocycles. The van der Waals surface area contributed by atoms with Gasteiger partial charge in [-0.3, -0.25) is 4.79 Å². The van der Waals surface area contributed by atoms with Crippen molar-refractivity contribution >= 4 is 5.78 Å². The average molecular weight is 144 g/mol. The van der Waals surface area contributed by atoms with Crippen molar-refractivity contribution in [1.82, 2.24) is 0 Å². The summed E-state index contributed by atoms with van der Waals surface area (Å²) in [4.78, 5) is 10.7. The number of rotatable bonds is 2. The van der Waals surface area contributed by atoms with Crippen LogP contribution in [0.15, 0.2) is 0 Å². The average Bonchev–Trinajstić information content (AvgIpc) is 2.34. The number of ketones is 1. The third kappa shape index (κ3) is 1.55. The molecule has 1 aliphatic heterocycles. The van der Waals surface area contributed by atoms with Crippen LogP contribution in [0.25, 0.3) is 0 Å². The van der Waals surface area contributed by atoms with Crippen molar-refractivity contribution in [3.63, 3.8) is 0 Å². The van der Waals surface area contributed by atoms with Crippen LogP contribution in [0.1, 0.15) is 20.3 Å². The topological polar surface area (TPSA) is 35.5 Å². The first-order valence-corrected chi connectivity index (χ1v) is 3.51. The monoisotopic (exact) mass is 144 g/mol. The molecule has 0 aromatic rings. The van der Waals surface area contributed by atoms with E-state index in [0.717, 1.165) is 6.42 Å². The molecule has 0 aliphatic carbocycles. The van der Waals surface area contributed by atoms with Gasteiger partial charge in [-0.1, -0.05) is 6.92 Å². The summed E-state index contributed by atoms with van der Waals surface area (Å²) in [5.74, 6) is 0.0518. The van der Waals surface area contributed by atoms with Crippen LogP contribution in [0.5, 0.6) is 0 Å². The molecule has 2 atom stereocenters. The van der Waals surface area contributed by atoms with Gasteiger partial charge in [0.1, 0.15) is 6.10 Å². The Hall–Kier alpha value is -0.410. The van der Waals surface area contributed by atoms with Gasteiger partial charge >= 0.3 is 0 Å². The van der Waals surface area contributed by atoms with E-state index in [0.29, 0.717) is 6.61 Å². The largest absolute Gasteiger partial charge is 0.349 e. The number of carbonyl (C=O) groups excluding carboxylic acids is 1. The van der Waals surface area contributed by atoms with Gasteiger partial charge < -0.3 is 9.47 Å². The zero-order valence-corrected chi connectivity index (χ0v) is 6.29. The van der Waals surface area contributed by atoms with Crippen LogP contribution in [0.4, 0.5) is 0 Å². The van der Waals surface area contributed by atoms with Gasteiger partial charge in [0.15, 0.2) is 12.1 Å². The first-order chi connectivity index (χ1) is 4.74. The lowest BCUT2D eigenvalue weighted by Gasteiger charge is -2.05. The molecule has 1 saturated heterocycles. The van der Waals surface area contributed by atoms with Gasteiger partial charge in [-0.2, -0.15) is 0 Å². The minimum Gasteiger partial charge on any atom is -0.349 e. The summed E-state index contributed by atoms with van der Waals surface area (Å²) in [5, 5.41) is 0. The van der Waals surface area contributed by atoms with Crippen LogP contribution in [-0.4, -0.2) is 24.8 Å². The molecule has 0 N–H and O–H groups in total. The number of ether oxygens (including phenoxy) is 2. The van der Waals surface area contributed by atoms with Crippen molar-refractivity contribution in [2.24, 2.45) is 0 Å². The predicted molar refractivity (Wildman–Crippen MR) is 35.6 cm³/mol. The van der Waals surface area contributed by atoms with Gasteiger partial charge in [0.25, 0.3) is 0 Å². The highest BCUT2D eigenvalue weighted by Gasteiger charge is 2.27. The second-order valence-electron chi connectivity index (χ2n) is 2.41. The van der Waals surface area contributed by atoms with Crippen molar-refractivity contribution in [1.29, 1.82) is 0 Å². The van der Waals surface area contributed by atoms with E-state index >= 15 is 0 Å². The first kappa shape index (κ1) is 7.69. The van der Waals surface area contributed by atoms with Crippen LogP contribution < -0.4 is 0 Å². The molecule has 3 nitrogen and oxygen atoms in total. The second kappa shape index (κ2) is 3.12. The van der Waals surface area contributed by atoms with Gasteiger partial charge in [0, 0.05) is 0 Å². The fraction of sp³-hybridized carbons (Fsp3) is 0.857. The summed E-state index contributed by atoms with van der Waals surface area (Å²) < 4.78 is 10.3. The van der Waals surface area contributed by atoms with Gasteiger partial charge in [-0.25, -0.2) is 0 Å². The molecule has 0 saturated carbocycles. The molecule has 1 heterocycles. The molecule has 0 amide bonds. The van der Waals surface area contributed by atoms with E-state index in [1.54, 1.807) is 0 Å². The number of carbonyl (C=O) groups is 1. The summed E-state index contributed by atoms with van der Waals surface area (Å²) in [5.41, 5.74) is 0. The van der Waals surface area contributed by atoms with E-state index in [1.807, 2.05) is 6.92 Å². The molecule has 0 radical (unpaired) electrons. The molecule has 1 unspecified atom stereocenters. The number of Topliss-reactive ketones (excluding diaryl/α,β-unsaturated/α-hetero) is 1. The predicted octanol–water partition coefficient (Wildman–Crippen LogP) is 0.727. The number of hydrogen-bond donors (Lipinski definition) is 0. The molecule has 58 valence electrons. The summed E-state index contributed by atoms with van der Waals surface area (Å²) in [6.45, 7) is 3.91. The van der Waals surface area contributed by atoms with Gasteiger partial charge in [0.05, 0.1) is 6.61 Å². The van der Waals surface area contributed by atoms with E-state index in [-0.39, 0.29) is 18.2 Å². The lowest BCUT2D eigenvalue weighted by molar-refractivity contribution is -0.129. The van der Waals surface area contributed by atoms with E-state index < -0.39 is 0 Å². The SMILES string of the molecule is CCC1OC[C@H](C(C)=O)O1. The Labute approximate surface area is 60.3 Å². The van der Waals surface area contributed by atoms with E-state index in [1.165, 1.54) is 6.92 Å². The quantitative estimate of drug-likeness (QED) is 0.573. The fourth-order valence-electron chi connectivity index (χ4n) is 0.884. The maximum atomic E-state index is 10.7. The molecule has 0 bridgehead atoms. The van der Waals surface area contributed by atoms with Crippen molar-refractivity contribution in [2.45, 2.75) is 32.7 Å². The Morgan fingerprint density at radius 3 is 2.70 bits per heavy atom. The fourth-order valence-corrected chi connectivity index (χ4v) is 0.884. The third-order valence-electron chi connectivity index (χ3n) is 1.54. The van der Waals surface area contributed by atoms with Gasteiger partial charge in [-0.05, 0) is 13.3 Å². The molecule has 3 heteroatoms. The lowest BCUT2D eigenvalue weighted by atomic mass is 10.3. The van der Waals surface area contributed by atoms with Gasteiger partial charge in [0.2, 0.25) is 0 Å². The van der Waals surface area contributed by atoms with Crippen molar-refractivity contribution in [3.05, 3.63) is 0 Å². The summed E-state index contributed by atoms with van der Waals surface area (Å²) in [6.07, 6.45) is 0.336. The number of hydrogen-bond acceptors (Lipinski definition) is 3. The third-order valence-corrected chi connectivity index (χ3v) is 1.54. The molecule has 0 spiro atoms. The zero-order valence-electron chi connectivity index (χ0n) is 6.29. The maximum Gasteiger partial charge on any atom is 0.161 e. The molecular formula is C7H12O3. The van der Waals surface area contributed by atoms with Crippen LogP contribution >= 0.6 is 0 Å². The smallest absolute Gasteiger partial charge is 0.161 e. The maximum absolute atomic E-state index is 10.7. The molecule has 0 aromatic carbocycles. The highest BCUT2D eigenvalue weighted by Crippen LogP contribution is 2.14. The van der Waals surface area contributed by atoms with Crippen LogP contribution in [0.3, 0.4) is 0 Å². The summed E-state index contributed by atoms with van der Waals surface area (Å²) in [7, 11) is 0. The lowest BCUT2D eigenvalue weighted by Crippen LogP contribution is -2.20. The van der Waals surface area contributed by atoms with E-state index in [4.69, 9.17) is 9.47 Å².